The molecule has 44 heavy (non-hydrogen) atoms. The summed E-state index contributed by atoms with van der Waals surface area (Å²) in [6, 6.07) is 15.3. The van der Waals surface area contributed by atoms with Crippen LogP contribution in [0.4, 0.5) is 13.2 Å². The average molecular weight is 609 g/mol. The zero-order valence-corrected chi connectivity index (χ0v) is 26.8. The molecule has 0 spiro atoms. The van der Waals surface area contributed by atoms with Crippen molar-refractivity contribution in [2.24, 2.45) is 5.92 Å². The summed E-state index contributed by atoms with van der Waals surface area (Å²) in [6.07, 6.45) is 17.6. The SMILES string of the molecule is CCCCCCCCCOc1ccc(-c2ccc(-c3ccc(C4CCC(CCCCCCC)CO4)cc3F)cc2)c(F)c1F. The highest BCUT2D eigenvalue weighted by molar-refractivity contribution is 5.71. The number of hydrogen-bond acceptors (Lipinski definition) is 2. The Morgan fingerprint density at radius 1 is 0.659 bits per heavy atom. The highest BCUT2D eigenvalue weighted by atomic mass is 19.2. The van der Waals surface area contributed by atoms with Crippen molar-refractivity contribution >= 4 is 0 Å². The summed E-state index contributed by atoms with van der Waals surface area (Å²) >= 11 is 0. The molecule has 2 atom stereocenters. The molecular formula is C39H51F3O2. The lowest BCUT2D eigenvalue weighted by Gasteiger charge is -2.29. The van der Waals surface area contributed by atoms with Crippen LogP contribution in [0.5, 0.6) is 5.75 Å². The van der Waals surface area contributed by atoms with Gasteiger partial charge in [-0.3, -0.25) is 0 Å². The molecule has 2 unspecified atom stereocenters. The second-order valence-electron chi connectivity index (χ2n) is 12.5. The first-order valence-electron chi connectivity index (χ1n) is 17.1. The van der Waals surface area contributed by atoms with Crippen molar-refractivity contribution < 1.29 is 22.6 Å². The molecule has 0 radical (unpaired) electrons. The lowest BCUT2D eigenvalue weighted by molar-refractivity contribution is -0.0200. The molecule has 5 heteroatoms. The average Bonchev–Trinajstić information content (AvgIpc) is 3.04. The zero-order chi connectivity index (χ0) is 31.1. The summed E-state index contributed by atoms with van der Waals surface area (Å²) in [5.41, 5.74) is 2.71. The minimum Gasteiger partial charge on any atom is -0.490 e. The van der Waals surface area contributed by atoms with Gasteiger partial charge in [-0.25, -0.2) is 8.78 Å². The largest absolute Gasteiger partial charge is 0.490 e. The van der Waals surface area contributed by atoms with E-state index < -0.39 is 11.6 Å². The first-order chi connectivity index (χ1) is 21.5. The van der Waals surface area contributed by atoms with Gasteiger partial charge in [0.25, 0.3) is 0 Å². The molecule has 1 heterocycles. The van der Waals surface area contributed by atoms with Crippen LogP contribution >= 0.6 is 0 Å². The molecule has 0 saturated carbocycles. The predicted octanol–water partition coefficient (Wildman–Crippen LogP) is 12.4. The van der Waals surface area contributed by atoms with E-state index in [-0.39, 0.29) is 23.2 Å². The van der Waals surface area contributed by atoms with Gasteiger partial charge in [0.2, 0.25) is 5.82 Å². The maximum absolute atomic E-state index is 15.3. The molecule has 0 aromatic heterocycles. The molecule has 3 aromatic rings. The molecule has 3 aromatic carbocycles. The van der Waals surface area contributed by atoms with E-state index in [1.165, 1.54) is 70.3 Å². The van der Waals surface area contributed by atoms with Crippen LogP contribution in [-0.4, -0.2) is 13.2 Å². The van der Waals surface area contributed by atoms with Crippen LogP contribution in [0.15, 0.2) is 54.6 Å². The summed E-state index contributed by atoms with van der Waals surface area (Å²) in [5, 5.41) is 0. The third-order valence-electron chi connectivity index (χ3n) is 9.01. The van der Waals surface area contributed by atoms with Gasteiger partial charge in [-0.2, -0.15) is 4.39 Å². The van der Waals surface area contributed by atoms with E-state index in [0.717, 1.165) is 44.3 Å². The van der Waals surface area contributed by atoms with Crippen LogP contribution < -0.4 is 4.74 Å². The molecule has 1 aliphatic heterocycles. The predicted molar refractivity (Wildman–Crippen MR) is 175 cm³/mol. The first-order valence-corrected chi connectivity index (χ1v) is 17.1. The van der Waals surface area contributed by atoms with Gasteiger partial charge in [-0.1, -0.05) is 121 Å². The fourth-order valence-corrected chi connectivity index (χ4v) is 6.24. The van der Waals surface area contributed by atoms with Crippen LogP contribution in [0.25, 0.3) is 22.3 Å². The molecular weight excluding hydrogens is 557 g/mol. The van der Waals surface area contributed by atoms with Crippen molar-refractivity contribution in [1.82, 2.24) is 0 Å². The first kappa shape index (κ1) is 34.1. The molecule has 0 aliphatic carbocycles. The summed E-state index contributed by atoms with van der Waals surface area (Å²) < 4.78 is 56.8. The Balaban J connectivity index is 1.29. The van der Waals surface area contributed by atoms with Crippen molar-refractivity contribution in [2.45, 2.75) is 116 Å². The van der Waals surface area contributed by atoms with Crippen LogP contribution in [-0.2, 0) is 4.74 Å². The van der Waals surface area contributed by atoms with Crippen molar-refractivity contribution in [3.05, 3.63) is 77.6 Å². The minimum atomic E-state index is -0.973. The van der Waals surface area contributed by atoms with Crippen molar-refractivity contribution in [3.63, 3.8) is 0 Å². The molecule has 0 N–H and O–H groups in total. The van der Waals surface area contributed by atoms with Gasteiger partial charge in [-0.15, -0.1) is 0 Å². The number of hydrogen-bond donors (Lipinski definition) is 0. The van der Waals surface area contributed by atoms with E-state index in [1.54, 1.807) is 42.5 Å². The molecule has 2 nitrogen and oxygen atoms in total. The Hall–Kier alpha value is -2.79. The van der Waals surface area contributed by atoms with E-state index >= 15 is 8.78 Å². The van der Waals surface area contributed by atoms with E-state index in [4.69, 9.17) is 9.47 Å². The Morgan fingerprint density at radius 2 is 1.27 bits per heavy atom. The summed E-state index contributed by atoms with van der Waals surface area (Å²) in [6.45, 7) is 5.54. The zero-order valence-electron chi connectivity index (χ0n) is 26.8. The van der Waals surface area contributed by atoms with E-state index in [9.17, 15) is 4.39 Å². The molecule has 0 bridgehead atoms. The molecule has 240 valence electrons. The van der Waals surface area contributed by atoms with Crippen LogP contribution in [0, 0.1) is 23.4 Å². The van der Waals surface area contributed by atoms with Gasteiger partial charge in [0, 0.05) is 11.1 Å². The maximum atomic E-state index is 15.3. The van der Waals surface area contributed by atoms with Gasteiger partial charge in [0.1, 0.15) is 5.82 Å². The Bertz CT molecular complexity index is 1270. The number of rotatable bonds is 18. The highest BCUT2D eigenvalue weighted by Gasteiger charge is 2.24. The third-order valence-corrected chi connectivity index (χ3v) is 9.01. The quantitative estimate of drug-likeness (QED) is 0.134. The highest BCUT2D eigenvalue weighted by Crippen LogP contribution is 2.36. The van der Waals surface area contributed by atoms with Gasteiger partial charge >= 0.3 is 0 Å². The summed E-state index contributed by atoms with van der Waals surface area (Å²) in [7, 11) is 0. The molecule has 0 amide bonds. The number of benzene rings is 3. The van der Waals surface area contributed by atoms with Gasteiger partial charge < -0.3 is 9.47 Å². The Labute approximate surface area is 263 Å². The van der Waals surface area contributed by atoms with E-state index in [2.05, 4.69) is 13.8 Å². The molecule has 1 aliphatic rings. The Kier molecular flexibility index (Phi) is 14.1. The monoisotopic (exact) mass is 608 g/mol. The fourth-order valence-electron chi connectivity index (χ4n) is 6.24. The number of unbranched alkanes of at least 4 members (excludes halogenated alkanes) is 10. The lowest BCUT2D eigenvalue weighted by atomic mass is 9.90. The van der Waals surface area contributed by atoms with E-state index in [0.29, 0.717) is 29.2 Å². The normalized spacial score (nSPS) is 16.8. The van der Waals surface area contributed by atoms with Crippen molar-refractivity contribution in [1.29, 1.82) is 0 Å². The van der Waals surface area contributed by atoms with E-state index in [1.807, 2.05) is 6.07 Å². The van der Waals surface area contributed by atoms with Crippen LogP contribution in [0.2, 0.25) is 0 Å². The standard InChI is InChI=1S/C39H51F3O2/c1-3-5-7-9-10-12-14-26-43-37-25-23-34(38(41)39(37)42)31-19-17-30(18-20-31)33-22-21-32(27-35(33)40)36-24-16-29(28-44-36)15-13-11-8-6-4-2/h17-23,25,27,29,36H,3-16,24,26,28H2,1-2H3. The van der Waals surface area contributed by atoms with Gasteiger partial charge in [-0.05, 0) is 66.5 Å². The van der Waals surface area contributed by atoms with Crippen LogP contribution in [0.3, 0.4) is 0 Å². The van der Waals surface area contributed by atoms with Gasteiger partial charge in [0.05, 0.1) is 19.3 Å². The van der Waals surface area contributed by atoms with Crippen molar-refractivity contribution in [3.8, 4) is 28.0 Å². The topological polar surface area (TPSA) is 18.5 Å². The molecule has 4 rings (SSSR count). The summed E-state index contributed by atoms with van der Waals surface area (Å²) in [5.74, 6) is -1.67. The van der Waals surface area contributed by atoms with Crippen LogP contribution in [0.1, 0.15) is 122 Å². The number of halogens is 3. The maximum Gasteiger partial charge on any atom is 0.201 e. The third kappa shape index (κ3) is 9.86. The molecule has 1 fully saturated rings. The lowest BCUT2D eigenvalue weighted by Crippen LogP contribution is -2.20. The minimum absolute atomic E-state index is 0.0594. The second-order valence-corrected chi connectivity index (χ2v) is 12.5. The Morgan fingerprint density at radius 3 is 1.91 bits per heavy atom. The smallest absolute Gasteiger partial charge is 0.201 e. The number of ether oxygens (including phenoxy) is 2. The van der Waals surface area contributed by atoms with Crippen molar-refractivity contribution in [2.75, 3.05) is 13.2 Å². The summed E-state index contributed by atoms with van der Waals surface area (Å²) in [4.78, 5) is 0. The van der Waals surface area contributed by atoms with Gasteiger partial charge in [0.15, 0.2) is 11.6 Å². The molecule has 1 saturated heterocycles. The fraction of sp³-hybridized carbons (Fsp3) is 0.538. The second kappa shape index (κ2) is 18.2.